The molecule has 0 saturated heterocycles. The summed E-state index contributed by atoms with van der Waals surface area (Å²) >= 11 is 2.71. The van der Waals surface area contributed by atoms with Crippen molar-refractivity contribution in [3.05, 3.63) is 46.4 Å². The van der Waals surface area contributed by atoms with Crippen LogP contribution in [0.3, 0.4) is 0 Å². The summed E-state index contributed by atoms with van der Waals surface area (Å²) in [4.78, 5) is -1.45. The van der Waals surface area contributed by atoms with E-state index in [0.717, 1.165) is 5.56 Å². The van der Waals surface area contributed by atoms with Gasteiger partial charge < -0.3 is 5.11 Å². The van der Waals surface area contributed by atoms with Crippen molar-refractivity contribution >= 4 is 41.5 Å². The molecule has 0 atom stereocenters. The highest BCUT2D eigenvalue weighted by Crippen LogP contribution is 2.39. The van der Waals surface area contributed by atoms with Crippen LogP contribution in [0.25, 0.3) is 0 Å². The molecule has 0 heterocycles. The fourth-order valence-corrected chi connectivity index (χ4v) is 4.34. The highest BCUT2D eigenvalue weighted by atomic mass is 79.9. The zero-order valence-electron chi connectivity index (χ0n) is 12.9. The highest BCUT2D eigenvalue weighted by Gasteiger charge is 2.47. The average molecular weight is 474 g/mol. The van der Waals surface area contributed by atoms with Crippen LogP contribution in [-0.2, 0) is 19.9 Å². The van der Waals surface area contributed by atoms with Crippen molar-refractivity contribution in [3.63, 3.8) is 0 Å². The average Bonchev–Trinajstić information content (AvgIpc) is 2.50. The van der Waals surface area contributed by atoms with E-state index in [1.807, 2.05) is 4.72 Å². The number of alkyl halides is 3. The quantitative estimate of drug-likeness (QED) is 0.661. The van der Waals surface area contributed by atoms with Crippen LogP contribution in [0.5, 0.6) is 5.75 Å². The molecule has 2 rings (SSSR count). The van der Waals surface area contributed by atoms with Gasteiger partial charge in [-0.3, -0.25) is 4.72 Å². The molecular formula is C14H11BrF3NO5S2. The van der Waals surface area contributed by atoms with E-state index in [9.17, 15) is 35.1 Å². The van der Waals surface area contributed by atoms with Crippen molar-refractivity contribution in [2.45, 2.75) is 22.2 Å². The molecule has 2 aromatic carbocycles. The second kappa shape index (κ2) is 6.74. The first-order valence-electron chi connectivity index (χ1n) is 6.69. The van der Waals surface area contributed by atoms with Crippen LogP contribution in [0, 0.1) is 6.92 Å². The maximum absolute atomic E-state index is 12.7. The smallest absolute Gasteiger partial charge is 0.501 e. The third kappa shape index (κ3) is 3.96. The van der Waals surface area contributed by atoms with Gasteiger partial charge in [0.15, 0.2) is 5.75 Å². The molecule has 12 heteroatoms. The molecule has 0 amide bonds. The molecule has 142 valence electrons. The highest BCUT2D eigenvalue weighted by molar-refractivity contribution is 9.10. The number of phenols is 1. The predicted octanol–water partition coefficient (Wildman–Crippen LogP) is 3.56. The lowest BCUT2D eigenvalue weighted by molar-refractivity contribution is -0.0436. The first kappa shape index (κ1) is 20.5. The Balaban J connectivity index is 2.55. The van der Waals surface area contributed by atoms with Gasteiger partial charge in [0, 0.05) is 0 Å². The second-order valence-corrected chi connectivity index (χ2v) is 9.65. The van der Waals surface area contributed by atoms with E-state index in [0.29, 0.717) is 12.1 Å². The first-order valence-corrected chi connectivity index (χ1v) is 10.4. The lowest BCUT2D eigenvalue weighted by atomic mass is 10.2. The molecule has 2 aromatic rings. The molecule has 0 bridgehead atoms. The number of nitrogens with one attached hydrogen (secondary N) is 1. The fraction of sp³-hybridized carbons (Fsp3) is 0.143. The number of anilines is 1. The minimum Gasteiger partial charge on any atom is -0.505 e. The Bertz CT molecular complexity index is 1050. The van der Waals surface area contributed by atoms with Gasteiger partial charge in [-0.1, -0.05) is 17.7 Å². The van der Waals surface area contributed by atoms with Crippen LogP contribution in [0.15, 0.2) is 50.7 Å². The molecule has 2 N–H and O–H groups in total. The third-order valence-electron chi connectivity index (χ3n) is 3.23. The number of rotatable bonds is 4. The van der Waals surface area contributed by atoms with Crippen molar-refractivity contribution in [1.82, 2.24) is 0 Å². The molecule has 0 radical (unpaired) electrons. The van der Waals surface area contributed by atoms with Crippen LogP contribution < -0.4 is 4.72 Å². The maximum atomic E-state index is 12.7. The van der Waals surface area contributed by atoms with Gasteiger partial charge in [0.1, 0.15) is 0 Å². The van der Waals surface area contributed by atoms with Gasteiger partial charge in [0.05, 0.1) is 20.0 Å². The van der Waals surface area contributed by atoms with Gasteiger partial charge in [0.2, 0.25) is 0 Å². The molecule has 0 aliphatic carbocycles. The van der Waals surface area contributed by atoms with Gasteiger partial charge in [-0.05, 0) is 47.1 Å². The van der Waals surface area contributed by atoms with Crippen LogP contribution in [-0.4, -0.2) is 27.5 Å². The van der Waals surface area contributed by atoms with E-state index in [4.69, 9.17) is 0 Å². The summed E-state index contributed by atoms with van der Waals surface area (Å²) in [5, 5.41) is 9.89. The molecule has 0 fully saturated rings. The number of benzene rings is 2. The zero-order chi connectivity index (χ0) is 19.9. The van der Waals surface area contributed by atoms with Gasteiger partial charge in [0.25, 0.3) is 19.9 Å². The number of sulfonamides is 1. The summed E-state index contributed by atoms with van der Waals surface area (Å²) in [7, 11) is -10.0. The van der Waals surface area contributed by atoms with Crippen LogP contribution in [0.2, 0.25) is 0 Å². The van der Waals surface area contributed by atoms with E-state index in [-0.39, 0.29) is 4.90 Å². The Morgan fingerprint density at radius 1 is 1.00 bits per heavy atom. The monoisotopic (exact) mass is 473 g/mol. The number of hydrogen-bond acceptors (Lipinski definition) is 5. The Morgan fingerprint density at radius 2 is 1.54 bits per heavy atom. The maximum Gasteiger partial charge on any atom is 0.501 e. The minimum absolute atomic E-state index is 0.220. The SMILES string of the molecule is Cc1ccc(S(=O)(=O)Nc2cc(S(=O)(=O)C(F)(F)F)cc(Br)c2O)cc1. The van der Waals surface area contributed by atoms with Crippen molar-refractivity contribution < 1.29 is 35.1 Å². The second-order valence-electron chi connectivity index (χ2n) is 5.17. The molecule has 0 saturated carbocycles. The van der Waals surface area contributed by atoms with Crippen molar-refractivity contribution in [2.75, 3.05) is 4.72 Å². The Kier molecular flexibility index (Phi) is 5.32. The van der Waals surface area contributed by atoms with Gasteiger partial charge in [-0.2, -0.15) is 13.2 Å². The van der Waals surface area contributed by atoms with Crippen molar-refractivity contribution in [1.29, 1.82) is 0 Å². The predicted molar refractivity (Wildman–Crippen MR) is 91.0 cm³/mol. The largest absolute Gasteiger partial charge is 0.505 e. The summed E-state index contributed by atoms with van der Waals surface area (Å²) in [5.74, 6) is -0.762. The summed E-state index contributed by atoms with van der Waals surface area (Å²) in [6.07, 6.45) is 0. The van der Waals surface area contributed by atoms with Crippen molar-refractivity contribution in [3.8, 4) is 5.75 Å². The molecule has 0 aromatic heterocycles. The van der Waals surface area contributed by atoms with E-state index >= 15 is 0 Å². The number of aryl methyl sites for hydroxylation is 1. The van der Waals surface area contributed by atoms with E-state index < -0.39 is 46.2 Å². The van der Waals surface area contributed by atoms with Crippen molar-refractivity contribution in [2.24, 2.45) is 0 Å². The van der Waals surface area contributed by atoms with Crippen LogP contribution >= 0.6 is 15.9 Å². The standard InChI is InChI=1S/C14H11BrF3NO5S2/c1-8-2-4-9(5-3-8)26(23,24)19-12-7-10(6-11(15)13(12)20)25(21,22)14(16,17)18/h2-7,19-20H,1H3. The Labute approximate surface area is 155 Å². The summed E-state index contributed by atoms with van der Waals surface area (Å²) in [6.45, 7) is 1.72. The van der Waals surface area contributed by atoms with Gasteiger partial charge >= 0.3 is 5.51 Å². The molecule has 0 aliphatic heterocycles. The number of phenolic OH excluding ortho intramolecular Hbond substituents is 1. The van der Waals surface area contributed by atoms with E-state index in [1.54, 1.807) is 6.92 Å². The minimum atomic E-state index is -5.74. The number of halogens is 4. The number of sulfone groups is 1. The van der Waals surface area contributed by atoms with E-state index in [2.05, 4.69) is 15.9 Å². The Morgan fingerprint density at radius 3 is 2.04 bits per heavy atom. The summed E-state index contributed by atoms with van der Waals surface area (Å²) < 4.78 is 87.3. The zero-order valence-corrected chi connectivity index (χ0v) is 16.1. The summed E-state index contributed by atoms with van der Waals surface area (Å²) in [6, 6.07) is 6.42. The first-order chi connectivity index (χ1) is 11.8. The fourth-order valence-electron chi connectivity index (χ4n) is 1.86. The lowest BCUT2D eigenvalue weighted by Crippen LogP contribution is -2.23. The summed E-state index contributed by atoms with van der Waals surface area (Å²) in [5.41, 5.74) is -5.54. The normalized spacial score (nSPS) is 12.8. The molecule has 0 unspecified atom stereocenters. The molecular weight excluding hydrogens is 463 g/mol. The lowest BCUT2D eigenvalue weighted by Gasteiger charge is -2.14. The van der Waals surface area contributed by atoms with Gasteiger partial charge in [-0.15, -0.1) is 0 Å². The Hall–Kier alpha value is -1.79. The molecule has 0 spiro atoms. The third-order valence-corrected chi connectivity index (χ3v) is 6.68. The van der Waals surface area contributed by atoms with Crippen LogP contribution in [0.4, 0.5) is 18.9 Å². The van der Waals surface area contributed by atoms with E-state index in [1.165, 1.54) is 24.3 Å². The van der Waals surface area contributed by atoms with Crippen LogP contribution in [0.1, 0.15) is 5.56 Å². The number of aromatic hydroxyl groups is 1. The molecule has 26 heavy (non-hydrogen) atoms. The molecule has 0 aliphatic rings. The number of hydrogen-bond donors (Lipinski definition) is 2. The van der Waals surface area contributed by atoms with Gasteiger partial charge in [-0.25, -0.2) is 16.8 Å². The topological polar surface area (TPSA) is 101 Å². The molecule has 6 nitrogen and oxygen atoms in total.